The van der Waals surface area contributed by atoms with Crippen LogP contribution in [0.2, 0.25) is 0 Å². The lowest BCUT2D eigenvalue weighted by Crippen LogP contribution is -2.49. The van der Waals surface area contributed by atoms with E-state index >= 15 is 0 Å². The van der Waals surface area contributed by atoms with E-state index in [1.165, 1.54) is 24.3 Å². The molecule has 0 bridgehead atoms. The van der Waals surface area contributed by atoms with E-state index in [9.17, 15) is 9.59 Å². The summed E-state index contributed by atoms with van der Waals surface area (Å²) in [4.78, 5) is 23.8. The summed E-state index contributed by atoms with van der Waals surface area (Å²) in [6, 6.07) is 5.94. The van der Waals surface area contributed by atoms with Crippen molar-refractivity contribution in [2.75, 3.05) is 5.32 Å². The number of rotatable bonds is 3. The number of hydrogen-bond donors (Lipinski definition) is 3. The van der Waals surface area contributed by atoms with Crippen molar-refractivity contribution in [1.29, 1.82) is 0 Å². The molecule has 21 heavy (non-hydrogen) atoms. The van der Waals surface area contributed by atoms with Crippen LogP contribution < -0.4 is 10.6 Å². The van der Waals surface area contributed by atoms with Gasteiger partial charge in [-0.3, -0.25) is 9.59 Å². The smallest absolute Gasteiger partial charge is 0.313 e. The van der Waals surface area contributed by atoms with Crippen LogP contribution in [-0.2, 0) is 9.59 Å². The Bertz CT molecular complexity index is 513. The molecular weight excluding hydrogens is 268 g/mol. The van der Waals surface area contributed by atoms with Gasteiger partial charge in [-0.05, 0) is 49.9 Å². The first-order valence-electron chi connectivity index (χ1n) is 6.91. The predicted octanol–water partition coefficient (Wildman–Crippen LogP) is 2.66. The van der Waals surface area contributed by atoms with Crippen molar-refractivity contribution in [3.05, 3.63) is 24.3 Å². The van der Waals surface area contributed by atoms with E-state index in [2.05, 4.69) is 31.4 Å². The van der Waals surface area contributed by atoms with Crippen LogP contribution in [0, 0.1) is 5.41 Å². The highest BCUT2D eigenvalue weighted by atomic mass is 16.3. The molecule has 0 aliphatic carbocycles. The van der Waals surface area contributed by atoms with Gasteiger partial charge in [-0.25, -0.2) is 0 Å². The number of nitrogens with one attached hydrogen (secondary N) is 2. The van der Waals surface area contributed by atoms with Gasteiger partial charge in [-0.15, -0.1) is 0 Å². The predicted molar refractivity (Wildman–Crippen MR) is 83.0 cm³/mol. The van der Waals surface area contributed by atoms with Crippen molar-refractivity contribution >= 4 is 17.5 Å². The zero-order chi connectivity index (χ0) is 16.3. The number of anilines is 1. The van der Waals surface area contributed by atoms with Crippen molar-refractivity contribution < 1.29 is 14.7 Å². The summed E-state index contributed by atoms with van der Waals surface area (Å²) in [5.41, 5.74) is 0.0350. The molecule has 0 unspecified atom stereocenters. The van der Waals surface area contributed by atoms with Crippen molar-refractivity contribution in [3.63, 3.8) is 0 Å². The van der Waals surface area contributed by atoms with Gasteiger partial charge in [0.25, 0.3) is 0 Å². The monoisotopic (exact) mass is 292 g/mol. The van der Waals surface area contributed by atoms with Gasteiger partial charge < -0.3 is 15.7 Å². The maximum absolute atomic E-state index is 11.9. The van der Waals surface area contributed by atoms with Crippen LogP contribution in [-0.4, -0.2) is 22.5 Å². The van der Waals surface area contributed by atoms with Gasteiger partial charge in [0.2, 0.25) is 0 Å². The molecule has 0 heterocycles. The van der Waals surface area contributed by atoms with E-state index in [4.69, 9.17) is 5.11 Å². The molecule has 0 aromatic heterocycles. The lowest BCUT2D eigenvalue weighted by molar-refractivity contribution is -0.137. The maximum atomic E-state index is 11.9. The van der Waals surface area contributed by atoms with Gasteiger partial charge in [-0.2, -0.15) is 0 Å². The van der Waals surface area contributed by atoms with Gasteiger partial charge in [0.15, 0.2) is 0 Å². The summed E-state index contributed by atoms with van der Waals surface area (Å²) in [5.74, 6) is -1.29. The minimum atomic E-state index is -0.720. The van der Waals surface area contributed by atoms with Crippen LogP contribution in [0.25, 0.3) is 0 Å². The van der Waals surface area contributed by atoms with Crippen molar-refractivity contribution in [2.24, 2.45) is 5.41 Å². The second-order valence-corrected chi connectivity index (χ2v) is 7.08. The Morgan fingerprint density at radius 3 is 2.00 bits per heavy atom. The normalized spacial score (nSPS) is 11.9. The highest BCUT2D eigenvalue weighted by Crippen LogP contribution is 2.26. The first-order valence-corrected chi connectivity index (χ1v) is 6.91. The molecule has 1 aromatic rings. The number of aromatic hydroxyl groups is 1. The van der Waals surface area contributed by atoms with Gasteiger partial charge in [0.1, 0.15) is 5.75 Å². The van der Waals surface area contributed by atoms with E-state index in [0.717, 1.165) is 6.42 Å². The average molecular weight is 292 g/mol. The van der Waals surface area contributed by atoms with E-state index in [1.54, 1.807) is 0 Å². The van der Waals surface area contributed by atoms with Crippen LogP contribution in [0.1, 0.15) is 41.0 Å². The van der Waals surface area contributed by atoms with E-state index in [1.807, 2.05) is 13.8 Å². The van der Waals surface area contributed by atoms with Crippen LogP contribution in [0.3, 0.4) is 0 Å². The van der Waals surface area contributed by atoms with Gasteiger partial charge >= 0.3 is 11.8 Å². The maximum Gasteiger partial charge on any atom is 0.313 e. The first-order chi connectivity index (χ1) is 9.48. The van der Waals surface area contributed by atoms with E-state index in [0.29, 0.717) is 5.69 Å². The van der Waals surface area contributed by atoms with E-state index < -0.39 is 17.4 Å². The summed E-state index contributed by atoms with van der Waals surface area (Å²) in [7, 11) is 0. The van der Waals surface area contributed by atoms with Crippen molar-refractivity contribution in [2.45, 2.75) is 46.6 Å². The van der Waals surface area contributed by atoms with Crippen LogP contribution in [0.4, 0.5) is 5.69 Å². The molecule has 116 valence electrons. The molecule has 0 radical (unpaired) electrons. The summed E-state index contributed by atoms with van der Waals surface area (Å²) in [5, 5.41) is 14.4. The molecular formula is C16H24N2O3. The lowest BCUT2D eigenvalue weighted by atomic mass is 9.82. The molecule has 0 spiro atoms. The SMILES string of the molecule is CC(C)(C)CC(C)(C)NC(=O)C(=O)Nc1ccc(O)cc1. The minimum absolute atomic E-state index is 0.0458. The Morgan fingerprint density at radius 1 is 1.00 bits per heavy atom. The Balaban J connectivity index is 2.62. The molecule has 2 amide bonds. The van der Waals surface area contributed by atoms with Crippen LogP contribution in [0.5, 0.6) is 5.75 Å². The fourth-order valence-electron chi connectivity index (χ4n) is 2.47. The zero-order valence-electron chi connectivity index (χ0n) is 13.3. The largest absolute Gasteiger partial charge is 0.508 e. The summed E-state index contributed by atoms with van der Waals surface area (Å²) in [6.07, 6.45) is 0.748. The third-order valence-electron chi connectivity index (χ3n) is 2.76. The quantitative estimate of drug-likeness (QED) is 0.592. The molecule has 5 nitrogen and oxygen atoms in total. The van der Waals surface area contributed by atoms with Crippen LogP contribution in [0.15, 0.2) is 24.3 Å². The number of amides is 2. The van der Waals surface area contributed by atoms with E-state index in [-0.39, 0.29) is 11.2 Å². The first kappa shape index (κ1) is 17.0. The molecule has 0 aliphatic rings. The number of carbonyl (C=O) groups excluding carboxylic acids is 2. The number of phenolic OH excluding ortho intramolecular Hbond substituents is 1. The third-order valence-corrected chi connectivity index (χ3v) is 2.76. The van der Waals surface area contributed by atoms with Gasteiger partial charge in [-0.1, -0.05) is 20.8 Å². The molecule has 0 aliphatic heterocycles. The Labute approximate surface area is 125 Å². The van der Waals surface area contributed by atoms with Crippen LogP contribution >= 0.6 is 0 Å². The summed E-state index contributed by atoms with van der Waals surface area (Å²) in [6.45, 7) is 10.0. The third kappa shape index (κ3) is 6.29. The Kier molecular flexibility index (Phi) is 4.99. The molecule has 0 atom stereocenters. The zero-order valence-corrected chi connectivity index (χ0v) is 13.3. The van der Waals surface area contributed by atoms with Crippen molar-refractivity contribution in [3.8, 4) is 5.75 Å². The molecule has 5 heteroatoms. The highest BCUT2D eigenvalue weighted by molar-refractivity contribution is 6.39. The second-order valence-electron chi connectivity index (χ2n) is 7.08. The fourth-order valence-corrected chi connectivity index (χ4v) is 2.47. The molecule has 0 saturated heterocycles. The number of carbonyl (C=O) groups is 2. The molecule has 1 rings (SSSR count). The second kappa shape index (κ2) is 6.16. The standard InChI is InChI=1S/C16H24N2O3/c1-15(2,3)10-16(4,5)18-14(21)13(20)17-11-6-8-12(19)9-7-11/h6-9,19H,10H2,1-5H3,(H,17,20)(H,18,21). The van der Waals surface area contributed by atoms with Crippen molar-refractivity contribution in [1.82, 2.24) is 5.32 Å². The molecule has 0 saturated carbocycles. The van der Waals surface area contributed by atoms with Gasteiger partial charge in [0, 0.05) is 11.2 Å². The number of hydrogen-bond acceptors (Lipinski definition) is 3. The molecule has 0 fully saturated rings. The lowest BCUT2D eigenvalue weighted by Gasteiger charge is -2.33. The highest BCUT2D eigenvalue weighted by Gasteiger charge is 2.29. The molecule has 3 N–H and O–H groups in total. The summed E-state index contributed by atoms with van der Waals surface area (Å²) >= 11 is 0. The number of phenols is 1. The number of benzene rings is 1. The van der Waals surface area contributed by atoms with Gasteiger partial charge in [0.05, 0.1) is 0 Å². The molecule has 1 aromatic carbocycles. The Morgan fingerprint density at radius 2 is 1.52 bits per heavy atom. The average Bonchev–Trinajstić information content (AvgIpc) is 2.28. The fraction of sp³-hybridized carbons (Fsp3) is 0.500. The topological polar surface area (TPSA) is 78.4 Å². The minimum Gasteiger partial charge on any atom is -0.508 e. The Hall–Kier alpha value is -2.04. The summed E-state index contributed by atoms with van der Waals surface area (Å²) < 4.78 is 0.